The summed E-state index contributed by atoms with van der Waals surface area (Å²) in [6.45, 7) is 6.06. The number of nitrogens with two attached hydrogens (primary N) is 1. The first-order chi connectivity index (χ1) is 5.68. The SMILES string of the molecule is CC1CCN(CC2(N)CC2)CC1. The zero-order chi connectivity index (χ0) is 8.60. The van der Waals surface area contributed by atoms with Gasteiger partial charge in [0.1, 0.15) is 0 Å². The molecule has 2 nitrogen and oxygen atoms in total. The van der Waals surface area contributed by atoms with E-state index in [4.69, 9.17) is 5.73 Å². The number of nitrogens with zero attached hydrogens (tertiary/aromatic N) is 1. The van der Waals surface area contributed by atoms with E-state index >= 15 is 0 Å². The zero-order valence-corrected chi connectivity index (χ0v) is 8.05. The predicted octanol–water partition coefficient (Wildman–Crippen LogP) is 1.21. The third kappa shape index (κ3) is 1.99. The summed E-state index contributed by atoms with van der Waals surface area (Å²) in [5.41, 5.74) is 6.29. The van der Waals surface area contributed by atoms with Gasteiger partial charge in [0.05, 0.1) is 0 Å². The van der Waals surface area contributed by atoms with Crippen molar-refractivity contribution in [1.29, 1.82) is 0 Å². The lowest BCUT2D eigenvalue weighted by Crippen LogP contribution is -2.43. The fourth-order valence-electron chi connectivity index (χ4n) is 1.98. The minimum Gasteiger partial charge on any atom is -0.324 e. The molecule has 2 rings (SSSR count). The standard InChI is InChI=1S/C10H20N2/c1-9-2-6-12(7-3-9)8-10(11)4-5-10/h9H,2-8,11H2,1H3. The van der Waals surface area contributed by atoms with Crippen molar-refractivity contribution in [3.63, 3.8) is 0 Å². The summed E-state index contributed by atoms with van der Waals surface area (Å²) in [6, 6.07) is 0. The fraction of sp³-hybridized carbons (Fsp3) is 1.00. The average molecular weight is 168 g/mol. The Labute approximate surface area is 75.1 Å². The number of hydrogen-bond donors (Lipinski definition) is 1. The van der Waals surface area contributed by atoms with Gasteiger partial charge in [0.15, 0.2) is 0 Å². The van der Waals surface area contributed by atoms with E-state index in [1.54, 1.807) is 0 Å². The van der Waals surface area contributed by atoms with Crippen LogP contribution in [0.15, 0.2) is 0 Å². The van der Waals surface area contributed by atoms with Crippen LogP contribution in [0.25, 0.3) is 0 Å². The lowest BCUT2D eigenvalue weighted by atomic mass is 9.99. The van der Waals surface area contributed by atoms with E-state index in [0.717, 1.165) is 12.5 Å². The van der Waals surface area contributed by atoms with Crippen LogP contribution in [0.3, 0.4) is 0 Å². The quantitative estimate of drug-likeness (QED) is 0.671. The Hall–Kier alpha value is -0.0800. The highest BCUT2D eigenvalue weighted by atomic mass is 15.2. The van der Waals surface area contributed by atoms with Crippen molar-refractivity contribution in [2.45, 2.75) is 38.1 Å². The molecule has 1 saturated carbocycles. The second kappa shape index (κ2) is 3.00. The van der Waals surface area contributed by atoms with Gasteiger partial charge in [-0.05, 0) is 44.7 Å². The smallest absolute Gasteiger partial charge is 0.0284 e. The van der Waals surface area contributed by atoms with Crippen molar-refractivity contribution < 1.29 is 0 Å². The molecular weight excluding hydrogens is 148 g/mol. The Kier molecular flexibility index (Phi) is 2.13. The molecule has 70 valence electrons. The third-order valence-electron chi connectivity index (χ3n) is 3.31. The molecular formula is C10H20N2. The van der Waals surface area contributed by atoms with Crippen LogP contribution in [0.4, 0.5) is 0 Å². The maximum atomic E-state index is 6.07. The van der Waals surface area contributed by atoms with Crippen LogP contribution < -0.4 is 5.73 Å². The Morgan fingerprint density at radius 2 is 1.92 bits per heavy atom. The molecule has 12 heavy (non-hydrogen) atoms. The Morgan fingerprint density at radius 1 is 1.33 bits per heavy atom. The first-order valence-electron chi connectivity index (χ1n) is 5.19. The van der Waals surface area contributed by atoms with Crippen molar-refractivity contribution in [3.05, 3.63) is 0 Å². The molecule has 2 fully saturated rings. The van der Waals surface area contributed by atoms with Crippen LogP contribution in [0.5, 0.6) is 0 Å². The van der Waals surface area contributed by atoms with Crippen LogP contribution in [0, 0.1) is 5.92 Å². The molecule has 2 heteroatoms. The molecule has 0 unspecified atom stereocenters. The summed E-state index contributed by atoms with van der Waals surface area (Å²) in [5.74, 6) is 0.939. The first kappa shape index (κ1) is 8.52. The lowest BCUT2D eigenvalue weighted by molar-refractivity contribution is 0.178. The van der Waals surface area contributed by atoms with Crippen LogP contribution >= 0.6 is 0 Å². The minimum atomic E-state index is 0.223. The predicted molar refractivity (Wildman–Crippen MR) is 51.0 cm³/mol. The Morgan fingerprint density at radius 3 is 2.42 bits per heavy atom. The normalized spacial score (nSPS) is 30.5. The van der Waals surface area contributed by atoms with Crippen LogP contribution in [-0.4, -0.2) is 30.1 Å². The van der Waals surface area contributed by atoms with Gasteiger partial charge >= 0.3 is 0 Å². The maximum Gasteiger partial charge on any atom is 0.0284 e. The zero-order valence-electron chi connectivity index (χ0n) is 8.05. The summed E-state index contributed by atoms with van der Waals surface area (Å²) < 4.78 is 0. The molecule has 0 atom stereocenters. The number of likely N-dealkylation sites (tertiary alicyclic amines) is 1. The van der Waals surface area contributed by atoms with Crippen molar-refractivity contribution >= 4 is 0 Å². The monoisotopic (exact) mass is 168 g/mol. The van der Waals surface area contributed by atoms with E-state index in [9.17, 15) is 0 Å². The molecule has 0 bridgehead atoms. The molecule has 0 spiro atoms. The highest BCUT2D eigenvalue weighted by molar-refractivity contribution is 5.01. The number of piperidine rings is 1. The van der Waals surface area contributed by atoms with Gasteiger partial charge in [-0.1, -0.05) is 6.92 Å². The van der Waals surface area contributed by atoms with Gasteiger partial charge in [-0.25, -0.2) is 0 Å². The van der Waals surface area contributed by atoms with Crippen LogP contribution in [0.1, 0.15) is 32.6 Å². The van der Waals surface area contributed by atoms with Gasteiger partial charge in [0.25, 0.3) is 0 Å². The Balaban J connectivity index is 1.75. The topological polar surface area (TPSA) is 29.3 Å². The molecule has 0 aromatic rings. The third-order valence-corrected chi connectivity index (χ3v) is 3.31. The van der Waals surface area contributed by atoms with E-state index in [-0.39, 0.29) is 5.54 Å². The van der Waals surface area contributed by atoms with E-state index in [1.807, 2.05) is 0 Å². The van der Waals surface area contributed by atoms with E-state index in [1.165, 1.54) is 38.8 Å². The summed E-state index contributed by atoms with van der Waals surface area (Å²) >= 11 is 0. The molecule has 2 N–H and O–H groups in total. The molecule has 2 aliphatic rings. The first-order valence-corrected chi connectivity index (χ1v) is 5.19. The van der Waals surface area contributed by atoms with Gasteiger partial charge in [-0.15, -0.1) is 0 Å². The molecule has 1 saturated heterocycles. The molecule has 0 aromatic carbocycles. The highest BCUT2D eigenvalue weighted by Gasteiger charge is 2.39. The van der Waals surface area contributed by atoms with Crippen LogP contribution in [-0.2, 0) is 0 Å². The second-order valence-electron chi connectivity index (χ2n) is 4.82. The van der Waals surface area contributed by atoms with Crippen LogP contribution in [0.2, 0.25) is 0 Å². The van der Waals surface area contributed by atoms with Gasteiger partial charge in [-0.3, -0.25) is 0 Å². The molecule has 0 amide bonds. The van der Waals surface area contributed by atoms with E-state index in [0.29, 0.717) is 0 Å². The van der Waals surface area contributed by atoms with Crippen molar-refractivity contribution in [3.8, 4) is 0 Å². The maximum absolute atomic E-state index is 6.07. The van der Waals surface area contributed by atoms with Crippen molar-refractivity contribution in [2.75, 3.05) is 19.6 Å². The van der Waals surface area contributed by atoms with Gasteiger partial charge in [-0.2, -0.15) is 0 Å². The molecule has 1 aliphatic carbocycles. The fourth-order valence-corrected chi connectivity index (χ4v) is 1.98. The summed E-state index contributed by atoms with van der Waals surface area (Å²) in [5, 5.41) is 0. The minimum absolute atomic E-state index is 0.223. The largest absolute Gasteiger partial charge is 0.324 e. The molecule has 1 aliphatic heterocycles. The van der Waals surface area contributed by atoms with Gasteiger partial charge in [0, 0.05) is 12.1 Å². The van der Waals surface area contributed by atoms with E-state index in [2.05, 4.69) is 11.8 Å². The molecule has 1 heterocycles. The lowest BCUT2D eigenvalue weighted by Gasteiger charge is -2.32. The molecule has 0 aromatic heterocycles. The second-order valence-corrected chi connectivity index (χ2v) is 4.82. The number of hydrogen-bond acceptors (Lipinski definition) is 2. The van der Waals surface area contributed by atoms with Crippen molar-refractivity contribution in [2.24, 2.45) is 11.7 Å². The van der Waals surface area contributed by atoms with E-state index < -0.39 is 0 Å². The van der Waals surface area contributed by atoms with Crippen molar-refractivity contribution in [1.82, 2.24) is 4.90 Å². The summed E-state index contributed by atoms with van der Waals surface area (Å²) in [4.78, 5) is 2.55. The Bertz CT molecular complexity index is 155. The summed E-state index contributed by atoms with van der Waals surface area (Å²) in [6.07, 6.45) is 5.24. The summed E-state index contributed by atoms with van der Waals surface area (Å²) in [7, 11) is 0. The molecule has 0 radical (unpaired) electrons. The number of rotatable bonds is 2. The van der Waals surface area contributed by atoms with Gasteiger partial charge < -0.3 is 10.6 Å². The highest BCUT2D eigenvalue weighted by Crippen LogP contribution is 2.33. The average Bonchev–Trinajstić information content (AvgIpc) is 2.74. The van der Waals surface area contributed by atoms with Gasteiger partial charge in [0.2, 0.25) is 0 Å².